The normalized spacial score (nSPS) is 15.0. The highest BCUT2D eigenvalue weighted by Crippen LogP contribution is 2.60. The second kappa shape index (κ2) is 5.79. The Balaban J connectivity index is 3.87. The van der Waals surface area contributed by atoms with Crippen molar-refractivity contribution in [2.45, 2.75) is 62.8 Å². The maximum atomic E-state index is 16.2. The van der Waals surface area contributed by atoms with E-state index in [1.165, 1.54) is 0 Å². The third-order valence-corrected chi connectivity index (χ3v) is 36.8. The average Bonchev–Trinajstić information content (AvgIpc) is 2.23. The zero-order chi connectivity index (χ0) is 17.6. The molecule has 0 aliphatic heterocycles. The van der Waals surface area contributed by atoms with E-state index in [-0.39, 0.29) is 0 Å². The lowest BCUT2D eigenvalue weighted by molar-refractivity contribution is 0.612. The number of benzene rings is 1. The van der Waals surface area contributed by atoms with Crippen molar-refractivity contribution in [2.75, 3.05) is 0 Å². The molecule has 6 heteroatoms. The first-order chi connectivity index (χ1) is 9.61. The van der Waals surface area contributed by atoms with Gasteiger partial charge in [-0.3, -0.25) is 8.22 Å². The van der Waals surface area contributed by atoms with Gasteiger partial charge >= 0.3 is 8.74 Å². The minimum absolute atomic E-state index is 0.349. The van der Waals surface area contributed by atoms with E-state index in [2.05, 4.69) is 58.9 Å². The summed E-state index contributed by atoms with van der Waals surface area (Å²) in [5, 5.41) is 0.349. The van der Waals surface area contributed by atoms with Crippen LogP contribution in [0.5, 0.6) is 0 Å². The summed E-state index contributed by atoms with van der Waals surface area (Å²) in [6.45, 7) is 19.7. The number of rotatable bonds is 5. The fourth-order valence-corrected chi connectivity index (χ4v) is 46.3. The van der Waals surface area contributed by atoms with E-state index in [4.69, 9.17) is 0 Å². The standard InChI is InChI=1S/C16H32F2Si4/c1-19(2,3)16(20(4,5)6,21(7,8)9)22(17,18)15-13-11-10-12-14-15/h10-14H,1-9H3. The molecule has 0 aliphatic rings. The van der Waals surface area contributed by atoms with Gasteiger partial charge in [0.25, 0.3) is 0 Å². The van der Waals surface area contributed by atoms with Crippen LogP contribution in [0.15, 0.2) is 30.3 Å². The van der Waals surface area contributed by atoms with E-state index in [0.29, 0.717) is 5.19 Å². The Morgan fingerprint density at radius 1 is 0.636 bits per heavy atom. The summed E-state index contributed by atoms with van der Waals surface area (Å²) in [7, 11) is -10.9. The molecule has 0 bridgehead atoms. The van der Waals surface area contributed by atoms with Crippen LogP contribution in [0.1, 0.15) is 0 Å². The molecule has 1 aromatic carbocycles. The molecule has 0 N–H and O–H groups in total. The van der Waals surface area contributed by atoms with E-state index < -0.39 is 36.9 Å². The molecule has 22 heavy (non-hydrogen) atoms. The predicted octanol–water partition coefficient (Wildman–Crippen LogP) is 5.65. The molecule has 0 fully saturated rings. The van der Waals surface area contributed by atoms with Gasteiger partial charge in [-0.05, 0) is 0 Å². The third kappa shape index (κ3) is 2.87. The summed E-state index contributed by atoms with van der Waals surface area (Å²) in [4.78, 5) is 0. The maximum absolute atomic E-state index is 16.2. The van der Waals surface area contributed by atoms with Crippen molar-refractivity contribution < 1.29 is 8.22 Å². The Kier molecular flexibility index (Phi) is 5.26. The maximum Gasteiger partial charge on any atom is 0.453 e. The molecule has 1 rings (SSSR count). The Bertz CT molecular complexity index is 472. The van der Waals surface area contributed by atoms with E-state index in [0.717, 1.165) is 0 Å². The molecule has 0 amide bonds. The van der Waals surface area contributed by atoms with Gasteiger partial charge in [0.15, 0.2) is 0 Å². The first-order valence-electron chi connectivity index (χ1n) is 8.04. The summed E-state index contributed by atoms with van der Waals surface area (Å²) < 4.78 is 31.7. The van der Waals surface area contributed by atoms with Gasteiger partial charge in [0.1, 0.15) is 0 Å². The van der Waals surface area contributed by atoms with E-state index in [1.807, 2.05) is 6.07 Å². The molecule has 0 radical (unpaired) electrons. The molecule has 0 atom stereocenters. The molecule has 0 nitrogen and oxygen atoms in total. The van der Waals surface area contributed by atoms with Gasteiger partial charge in [-0.15, -0.1) is 0 Å². The van der Waals surface area contributed by atoms with Crippen molar-refractivity contribution in [3.05, 3.63) is 30.3 Å². The van der Waals surface area contributed by atoms with Crippen LogP contribution in [0.25, 0.3) is 0 Å². The SMILES string of the molecule is C[Si](C)(C)C([Si](C)(C)C)([Si](C)(C)C)[Si](F)(F)c1ccccc1. The van der Waals surface area contributed by atoms with Crippen molar-refractivity contribution in [1.29, 1.82) is 0 Å². The molecule has 0 spiro atoms. The van der Waals surface area contributed by atoms with Gasteiger partial charge in [0, 0.05) is 33.3 Å². The Morgan fingerprint density at radius 2 is 0.955 bits per heavy atom. The Labute approximate surface area is 139 Å². The lowest BCUT2D eigenvalue weighted by Gasteiger charge is -2.61. The highest BCUT2D eigenvalue weighted by molar-refractivity contribution is 7.29. The van der Waals surface area contributed by atoms with Crippen molar-refractivity contribution in [3.63, 3.8) is 0 Å². The van der Waals surface area contributed by atoms with E-state index in [9.17, 15) is 0 Å². The fraction of sp³-hybridized carbons (Fsp3) is 0.625. The Morgan fingerprint density at radius 3 is 1.23 bits per heavy atom. The van der Waals surface area contributed by atoms with Crippen LogP contribution in [0, 0.1) is 0 Å². The van der Waals surface area contributed by atoms with E-state index >= 15 is 8.22 Å². The first-order valence-corrected chi connectivity index (χ1v) is 20.3. The van der Waals surface area contributed by atoms with Gasteiger partial charge < -0.3 is 0 Å². The van der Waals surface area contributed by atoms with Crippen molar-refractivity contribution in [2.24, 2.45) is 0 Å². The second-order valence-corrected chi connectivity index (χ2v) is 30.7. The first kappa shape index (κ1) is 20.0. The topological polar surface area (TPSA) is 0 Å². The summed E-state index contributed by atoms with van der Waals surface area (Å²) in [5.41, 5.74) is 0. The van der Waals surface area contributed by atoms with Crippen LogP contribution in [-0.4, -0.2) is 33.0 Å². The van der Waals surface area contributed by atoms with Crippen LogP contribution in [0.2, 0.25) is 62.8 Å². The molecule has 0 aliphatic carbocycles. The summed E-state index contributed by atoms with van der Waals surface area (Å²) in [6.07, 6.45) is 0. The van der Waals surface area contributed by atoms with Crippen LogP contribution in [0.4, 0.5) is 8.22 Å². The second-order valence-electron chi connectivity index (χ2n) is 9.44. The van der Waals surface area contributed by atoms with Gasteiger partial charge in [0.2, 0.25) is 0 Å². The minimum atomic E-state index is -4.58. The zero-order valence-corrected chi connectivity index (χ0v) is 19.6. The lowest BCUT2D eigenvalue weighted by Crippen LogP contribution is -2.77. The number of hydrogen-bond acceptors (Lipinski definition) is 0. The molecule has 126 valence electrons. The summed E-state index contributed by atoms with van der Waals surface area (Å²) >= 11 is 0. The smallest absolute Gasteiger partial charge is 0.265 e. The van der Waals surface area contributed by atoms with Crippen LogP contribution in [-0.2, 0) is 0 Å². The highest BCUT2D eigenvalue weighted by atomic mass is 28.5. The molecule has 1 aromatic rings. The molecule has 0 unspecified atom stereocenters. The molecule has 0 heterocycles. The quantitative estimate of drug-likeness (QED) is 0.461. The molecular formula is C16H32F2Si4. The van der Waals surface area contributed by atoms with Crippen LogP contribution in [0.3, 0.4) is 0 Å². The monoisotopic (exact) mass is 374 g/mol. The van der Waals surface area contributed by atoms with Crippen LogP contribution < -0.4 is 5.19 Å². The van der Waals surface area contributed by atoms with Gasteiger partial charge in [0.05, 0.1) is 0 Å². The largest absolute Gasteiger partial charge is 0.453 e. The van der Waals surface area contributed by atoms with Crippen molar-refractivity contribution in [3.8, 4) is 0 Å². The average molecular weight is 375 g/mol. The number of halogens is 2. The molecule has 0 saturated carbocycles. The zero-order valence-electron chi connectivity index (χ0n) is 15.6. The Hall–Kier alpha value is -0.0525. The highest BCUT2D eigenvalue weighted by Gasteiger charge is 2.74. The van der Waals surface area contributed by atoms with E-state index in [1.54, 1.807) is 24.3 Å². The molecular weight excluding hydrogens is 343 g/mol. The predicted molar refractivity (Wildman–Crippen MR) is 107 cm³/mol. The molecule has 0 saturated heterocycles. The molecule has 0 aromatic heterocycles. The number of hydrogen-bond donors (Lipinski definition) is 0. The van der Waals surface area contributed by atoms with Crippen molar-refractivity contribution in [1.82, 2.24) is 0 Å². The lowest BCUT2D eigenvalue weighted by atomic mass is 10.4. The summed E-state index contributed by atoms with van der Waals surface area (Å²) in [6, 6.07) is 8.76. The fourth-order valence-electron chi connectivity index (χ4n) is 5.65. The van der Waals surface area contributed by atoms with Gasteiger partial charge in [-0.1, -0.05) is 89.3 Å². The summed E-state index contributed by atoms with van der Waals surface area (Å²) in [5.74, 6) is 0. The third-order valence-electron chi connectivity index (χ3n) is 4.98. The van der Waals surface area contributed by atoms with Crippen LogP contribution >= 0.6 is 0 Å². The van der Waals surface area contributed by atoms with Gasteiger partial charge in [-0.2, -0.15) is 0 Å². The minimum Gasteiger partial charge on any atom is -0.265 e. The van der Waals surface area contributed by atoms with Crippen molar-refractivity contribution >= 4 is 38.1 Å². The van der Waals surface area contributed by atoms with Gasteiger partial charge in [-0.25, -0.2) is 0 Å².